The summed E-state index contributed by atoms with van der Waals surface area (Å²) in [5, 5.41) is 11.4. The molecule has 0 atom stereocenters. The van der Waals surface area contributed by atoms with Crippen LogP contribution in [0.1, 0.15) is 29.9 Å². The summed E-state index contributed by atoms with van der Waals surface area (Å²) >= 11 is 0. The van der Waals surface area contributed by atoms with Crippen LogP contribution < -0.4 is 10.1 Å². The summed E-state index contributed by atoms with van der Waals surface area (Å²) in [6, 6.07) is 14.9. The molecular formula is C22H25N5O2. The number of aromatic nitrogens is 3. The molecule has 7 nitrogen and oxygen atoms in total. The largest absolute Gasteiger partial charge is 0.489 e. The molecule has 2 heterocycles. The molecule has 0 saturated heterocycles. The third-order valence-electron chi connectivity index (χ3n) is 4.23. The molecule has 0 radical (unpaired) electrons. The molecule has 0 aliphatic heterocycles. The van der Waals surface area contributed by atoms with Gasteiger partial charge in [-0.1, -0.05) is 12.1 Å². The molecule has 1 aromatic carbocycles. The van der Waals surface area contributed by atoms with Crippen LogP contribution in [0.5, 0.6) is 5.75 Å². The number of hydrogen-bond acceptors (Lipinski definition) is 6. The van der Waals surface area contributed by atoms with Crippen molar-refractivity contribution in [2.75, 3.05) is 18.9 Å². The number of likely N-dealkylation sites (N-methyl/N-ethyl adjacent to an activating group) is 1. The Labute approximate surface area is 170 Å². The summed E-state index contributed by atoms with van der Waals surface area (Å²) in [5.41, 5.74) is 2.23. The van der Waals surface area contributed by atoms with Gasteiger partial charge in [-0.25, -0.2) is 0 Å². The van der Waals surface area contributed by atoms with E-state index >= 15 is 0 Å². The number of hydrogen-bond donors (Lipinski definition) is 1. The average molecular weight is 391 g/mol. The van der Waals surface area contributed by atoms with Crippen molar-refractivity contribution >= 4 is 17.4 Å². The molecule has 3 aromatic rings. The maximum atomic E-state index is 12.6. The van der Waals surface area contributed by atoms with Gasteiger partial charge in [0.25, 0.3) is 5.91 Å². The van der Waals surface area contributed by atoms with E-state index in [0.29, 0.717) is 18.1 Å². The minimum Gasteiger partial charge on any atom is -0.489 e. The summed E-state index contributed by atoms with van der Waals surface area (Å²) < 4.78 is 5.80. The first-order chi connectivity index (χ1) is 14.0. The molecule has 0 aliphatic carbocycles. The van der Waals surface area contributed by atoms with Crippen molar-refractivity contribution in [3.63, 3.8) is 0 Å². The van der Waals surface area contributed by atoms with Crippen LogP contribution in [-0.4, -0.2) is 45.7 Å². The number of pyridine rings is 1. The lowest BCUT2D eigenvalue weighted by molar-refractivity contribution is 0.0789. The van der Waals surface area contributed by atoms with Gasteiger partial charge in [0.2, 0.25) is 0 Å². The number of ether oxygens (including phenoxy) is 1. The van der Waals surface area contributed by atoms with Crippen molar-refractivity contribution in [2.24, 2.45) is 0 Å². The first-order valence-corrected chi connectivity index (χ1v) is 9.53. The van der Waals surface area contributed by atoms with Crippen molar-refractivity contribution in [3.8, 4) is 5.75 Å². The fourth-order valence-electron chi connectivity index (χ4n) is 2.72. The number of para-hydroxylation sites is 2. The highest BCUT2D eigenvalue weighted by atomic mass is 16.5. The first-order valence-electron chi connectivity index (χ1n) is 9.53. The van der Waals surface area contributed by atoms with Crippen LogP contribution in [0.4, 0.5) is 11.5 Å². The highest BCUT2D eigenvalue weighted by molar-refractivity contribution is 5.92. The molecule has 3 rings (SSSR count). The molecule has 0 spiro atoms. The molecule has 1 N–H and O–H groups in total. The summed E-state index contributed by atoms with van der Waals surface area (Å²) in [6.07, 6.45) is 4.31. The second-order valence-corrected chi connectivity index (χ2v) is 6.92. The van der Waals surface area contributed by atoms with E-state index in [-0.39, 0.29) is 12.0 Å². The Morgan fingerprint density at radius 3 is 2.52 bits per heavy atom. The number of anilines is 2. The zero-order valence-corrected chi connectivity index (χ0v) is 16.9. The van der Waals surface area contributed by atoms with Crippen molar-refractivity contribution < 1.29 is 9.53 Å². The third-order valence-corrected chi connectivity index (χ3v) is 4.23. The van der Waals surface area contributed by atoms with Gasteiger partial charge in [-0.15, -0.1) is 10.2 Å². The van der Waals surface area contributed by atoms with Crippen LogP contribution >= 0.6 is 0 Å². The van der Waals surface area contributed by atoms with Gasteiger partial charge in [-0.3, -0.25) is 9.78 Å². The zero-order chi connectivity index (χ0) is 20.6. The quantitative estimate of drug-likeness (QED) is 0.630. The second-order valence-electron chi connectivity index (χ2n) is 6.92. The highest BCUT2D eigenvalue weighted by Crippen LogP contribution is 2.27. The predicted molar refractivity (Wildman–Crippen MR) is 112 cm³/mol. The van der Waals surface area contributed by atoms with Crippen molar-refractivity contribution in [2.45, 2.75) is 26.4 Å². The van der Waals surface area contributed by atoms with Crippen LogP contribution in [0.2, 0.25) is 0 Å². The maximum Gasteiger partial charge on any atom is 0.274 e. The fraction of sp³-hybridized carbons (Fsp3) is 0.273. The van der Waals surface area contributed by atoms with E-state index in [1.165, 1.54) is 0 Å². The Hall–Kier alpha value is -3.48. The highest BCUT2D eigenvalue weighted by Gasteiger charge is 2.14. The van der Waals surface area contributed by atoms with E-state index in [0.717, 1.165) is 23.4 Å². The minimum absolute atomic E-state index is 0.0618. The lowest BCUT2D eigenvalue weighted by Gasteiger charge is -2.17. The van der Waals surface area contributed by atoms with E-state index in [1.807, 2.05) is 50.2 Å². The van der Waals surface area contributed by atoms with Crippen LogP contribution in [0.25, 0.3) is 0 Å². The molecule has 0 saturated carbocycles. The Balaban J connectivity index is 1.62. The molecule has 7 heteroatoms. The molecule has 150 valence electrons. The summed E-state index contributed by atoms with van der Waals surface area (Å²) in [6.45, 7) is 4.54. The van der Waals surface area contributed by atoms with E-state index in [2.05, 4.69) is 20.5 Å². The predicted octanol–water partition coefficient (Wildman–Crippen LogP) is 3.72. The summed E-state index contributed by atoms with van der Waals surface area (Å²) in [5.74, 6) is 1.11. The molecule has 0 bridgehead atoms. The standard InChI is InChI=1S/C22H25N5O2/c1-16(2)29-20-7-5-4-6-18(20)24-21-9-8-19(25-26-21)22(28)27(3)15-12-17-10-13-23-14-11-17/h4-11,13-14,16H,12,15H2,1-3H3,(H,24,26). The van der Waals surface area contributed by atoms with E-state index in [1.54, 1.807) is 36.5 Å². The van der Waals surface area contributed by atoms with Crippen molar-refractivity contribution in [3.05, 3.63) is 72.2 Å². The van der Waals surface area contributed by atoms with Gasteiger partial charge in [0.05, 0.1) is 11.8 Å². The van der Waals surface area contributed by atoms with Crippen molar-refractivity contribution in [1.82, 2.24) is 20.1 Å². The van der Waals surface area contributed by atoms with Crippen molar-refractivity contribution in [1.29, 1.82) is 0 Å². The number of nitrogens with one attached hydrogen (secondary N) is 1. The topological polar surface area (TPSA) is 80.2 Å². The Morgan fingerprint density at radius 2 is 1.83 bits per heavy atom. The van der Waals surface area contributed by atoms with Crippen LogP contribution in [0.15, 0.2) is 60.9 Å². The number of amides is 1. The van der Waals surface area contributed by atoms with Gasteiger partial charge in [0.1, 0.15) is 5.75 Å². The van der Waals surface area contributed by atoms with Gasteiger partial charge >= 0.3 is 0 Å². The fourth-order valence-corrected chi connectivity index (χ4v) is 2.72. The zero-order valence-electron chi connectivity index (χ0n) is 16.9. The van der Waals surface area contributed by atoms with Crippen LogP contribution in [0.3, 0.4) is 0 Å². The maximum absolute atomic E-state index is 12.6. The third kappa shape index (κ3) is 5.75. The van der Waals surface area contributed by atoms with E-state index in [9.17, 15) is 4.79 Å². The molecule has 0 aliphatic rings. The molecular weight excluding hydrogens is 366 g/mol. The first kappa shape index (κ1) is 20.3. The number of benzene rings is 1. The lowest BCUT2D eigenvalue weighted by Crippen LogP contribution is -2.29. The van der Waals surface area contributed by atoms with Crippen LogP contribution in [-0.2, 0) is 6.42 Å². The Kier molecular flexibility index (Phi) is 6.73. The second kappa shape index (κ2) is 9.64. The SMILES string of the molecule is CC(C)Oc1ccccc1Nc1ccc(C(=O)N(C)CCc2ccncc2)nn1. The Morgan fingerprint density at radius 1 is 1.07 bits per heavy atom. The molecule has 0 fully saturated rings. The van der Waals surface area contributed by atoms with Gasteiger partial charge in [0, 0.05) is 26.0 Å². The van der Waals surface area contributed by atoms with Gasteiger partial charge in [0.15, 0.2) is 11.5 Å². The number of carbonyl (C=O) groups excluding carboxylic acids is 1. The minimum atomic E-state index is -0.165. The average Bonchev–Trinajstić information content (AvgIpc) is 2.74. The molecule has 2 aromatic heterocycles. The monoisotopic (exact) mass is 391 g/mol. The molecule has 29 heavy (non-hydrogen) atoms. The Bertz CT molecular complexity index is 929. The normalized spacial score (nSPS) is 10.6. The van der Waals surface area contributed by atoms with E-state index < -0.39 is 0 Å². The lowest BCUT2D eigenvalue weighted by atomic mass is 10.2. The number of carbonyl (C=O) groups is 1. The number of nitrogens with zero attached hydrogens (tertiary/aromatic N) is 4. The van der Waals surface area contributed by atoms with Gasteiger partial charge in [-0.2, -0.15) is 0 Å². The van der Waals surface area contributed by atoms with Gasteiger partial charge < -0.3 is 15.0 Å². The van der Waals surface area contributed by atoms with E-state index in [4.69, 9.17) is 4.74 Å². The molecule has 0 unspecified atom stereocenters. The molecule has 1 amide bonds. The van der Waals surface area contributed by atoms with Gasteiger partial charge in [-0.05, 0) is 62.2 Å². The summed E-state index contributed by atoms with van der Waals surface area (Å²) in [4.78, 5) is 18.2. The van der Waals surface area contributed by atoms with Crippen LogP contribution in [0, 0.1) is 0 Å². The smallest absolute Gasteiger partial charge is 0.274 e. The number of rotatable bonds is 8. The summed E-state index contributed by atoms with van der Waals surface area (Å²) in [7, 11) is 1.76.